The van der Waals surface area contributed by atoms with Gasteiger partial charge < -0.3 is 4.74 Å². The number of carbonyl (C=O) groups excluding carboxylic acids is 2. The van der Waals surface area contributed by atoms with Crippen LogP contribution in [-0.4, -0.2) is 19.2 Å². The van der Waals surface area contributed by atoms with Crippen molar-refractivity contribution < 1.29 is 14.3 Å². The van der Waals surface area contributed by atoms with E-state index in [1.54, 1.807) is 0 Å². The van der Waals surface area contributed by atoms with Gasteiger partial charge in [-0.3, -0.25) is 0 Å². The molecule has 0 aliphatic carbocycles. The fraction of sp³-hybridized carbons (Fsp3) is 0.429. The third-order valence-electron chi connectivity index (χ3n) is 0.958. The predicted octanol–water partition coefficient (Wildman–Crippen LogP) is 0.789. The first-order valence-electron chi connectivity index (χ1n) is 3.12. The molecule has 11 heavy (non-hydrogen) atoms. The summed E-state index contributed by atoms with van der Waals surface area (Å²) in [6.07, 6.45) is 3.39. The molecular weight excluding hydrogens is 146 g/mol. The Kier molecular flexibility index (Phi) is 4.69. The Bertz CT molecular complexity index is 214. The summed E-state index contributed by atoms with van der Waals surface area (Å²) in [4.78, 5) is 23.7. The second-order valence-electron chi connectivity index (χ2n) is 1.69. The Hall–Kier alpha value is -1.41. The molecular formula is C7H9NO3. The molecule has 0 saturated heterocycles. The summed E-state index contributed by atoms with van der Waals surface area (Å²) in [6, 6.07) is 0. The van der Waals surface area contributed by atoms with Gasteiger partial charge in [-0.15, -0.1) is 0 Å². The molecule has 0 aromatic rings. The Morgan fingerprint density at radius 2 is 2.36 bits per heavy atom. The maximum Gasteiger partial charge on any atom is 0.357 e. The number of hydrogen-bond acceptors (Lipinski definition) is 4. The minimum atomic E-state index is -0.616. The molecule has 0 amide bonds. The zero-order valence-electron chi connectivity index (χ0n) is 6.46. The maximum absolute atomic E-state index is 10.7. The fourth-order valence-corrected chi connectivity index (χ4v) is 0.522. The molecule has 0 aromatic heterocycles. The molecule has 0 aliphatic heterocycles. The minimum absolute atomic E-state index is 0.00463. The Morgan fingerprint density at radius 3 is 2.73 bits per heavy atom. The summed E-state index contributed by atoms with van der Waals surface area (Å²) in [5.41, 5.74) is 0.00463. The monoisotopic (exact) mass is 155 g/mol. The van der Waals surface area contributed by atoms with E-state index in [4.69, 9.17) is 0 Å². The Balaban J connectivity index is 4.46. The number of esters is 1. The van der Waals surface area contributed by atoms with Gasteiger partial charge in [0.2, 0.25) is 6.08 Å². The average Bonchev–Trinajstić information content (AvgIpc) is 2.03. The summed E-state index contributed by atoms with van der Waals surface area (Å²) >= 11 is 0. The fourth-order valence-electron chi connectivity index (χ4n) is 0.522. The van der Waals surface area contributed by atoms with Gasteiger partial charge in [-0.25, -0.2) is 9.59 Å². The van der Waals surface area contributed by atoms with Crippen molar-refractivity contribution in [2.45, 2.75) is 13.3 Å². The van der Waals surface area contributed by atoms with Crippen LogP contribution in [0.1, 0.15) is 13.3 Å². The number of carbonyl (C=O) groups is 1. The number of isocyanates is 1. The molecule has 0 rings (SSSR count). The molecule has 4 nitrogen and oxygen atoms in total. The number of methoxy groups -OCH3 is 1. The standard InChI is InChI=1S/C7H9NO3/c1-3-4-6(8-5-9)7(10)11-2/h4H,3H2,1-2H3/b6-4+. The van der Waals surface area contributed by atoms with Crippen molar-refractivity contribution in [2.24, 2.45) is 4.99 Å². The van der Waals surface area contributed by atoms with Crippen LogP contribution in [0.25, 0.3) is 0 Å². The van der Waals surface area contributed by atoms with E-state index in [9.17, 15) is 9.59 Å². The smallest absolute Gasteiger partial charge is 0.357 e. The zero-order chi connectivity index (χ0) is 8.69. The first-order chi connectivity index (χ1) is 5.26. The summed E-state index contributed by atoms with van der Waals surface area (Å²) < 4.78 is 4.34. The van der Waals surface area contributed by atoms with Crippen LogP contribution in [0.15, 0.2) is 16.8 Å². The third kappa shape index (κ3) is 3.33. The largest absolute Gasteiger partial charge is 0.464 e. The second kappa shape index (κ2) is 5.38. The van der Waals surface area contributed by atoms with Crippen molar-refractivity contribution in [3.8, 4) is 0 Å². The molecule has 60 valence electrons. The molecule has 0 heterocycles. The van der Waals surface area contributed by atoms with Crippen LogP contribution < -0.4 is 0 Å². The number of ether oxygens (including phenoxy) is 1. The average molecular weight is 155 g/mol. The maximum atomic E-state index is 10.7. The van der Waals surface area contributed by atoms with E-state index in [1.165, 1.54) is 19.3 Å². The molecule has 0 spiro atoms. The lowest BCUT2D eigenvalue weighted by Crippen LogP contribution is -2.02. The van der Waals surface area contributed by atoms with Gasteiger partial charge in [0, 0.05) is 0 Å². The van der Waals surface area contributed by atoms with Crippen LogP contribution in [0.4, 0.5) is 0 Å². The molecule has 0 unspecified atom stereocenters. The number of aliphatic imine (C=N–C) groups is 1. The molecule has 4 heteroatoms. The summed E-state index contributed by atoms with van der Waals surface area (Å²) in [7, 11) is 1.23. The Labute approximate surface area is 64.6 Å². The highest BCUT2D eigenvalue weighted by Crippen LogP contribution is 1.99. The van der Waals surface area contributed by atoms with Crippen molar-refractivity contribution in [3.05, 3.63) is 11.8 Å². The van der Waals surface area contributed by atoms with Crippen LogP contribution in [-0.2, 0) is 14.3 Å². The van der Waals surface area contributed by atoms with E-state index >= 15 is 0 Å². The molecule has 0 bridgehead atoms. The quantitative estimate of drug-likeness (QED) is 0.262. The molecule has 0 N–H and O–H groups in total. The lowest BCUT2D eigenvalue weighted by atomic mass is 10.3. The van der Waals surface area contributed by atoms with E-state index < -0.39 is 5.97 Å². The van der Waals surface area contributed by atoms with Gasteiger partial charge in [0.05, 0.1) is 7.11 Å². The van der Waals surface area contributed by atoms with Gasteiger partial charge in [-0.05, 0) is 6.42 Å². The highest BCUT2D eigenvalue weighted by molar-refractivity contribution is 5.88. The molecule has 0 saturated carbocycles. The minimum Gasteiger partial charge on any atom is -0.464 e. The van der Waals surface area contributed by atoms with Crippen LogP contribution in [0.5, 0.6) is 0 Å². The van der Waals surface area contributed by atoms with Gasteiger partial charge in [0.1, 0.15) is 0 Å². The van der Waals surface area contributed by atoms with Crippen LogP contribution in [0.2, 0.25) is 0 Å². The highest BCUT2D eigenvalue weighted by Gasteiger charge is 2.05. The molecule has 0 atom stereocenters. The van der Waals surface area contributed by atoms with Gasteiger partial charge in [-0.1, -0.05) is 13.0 Å². The molecule has 0 fully saturated rings. The molecule has 0 radical (unpaired) electrons. The topological polar surface area (TPSA) is 55.7 Å². The molecule has 0 aliphatic rings. The van der Waals surface area contributed by atoms with E-state index in [1.807, 2.05) is 6.92 Å². The van der Waals surface area contributed by atoms with E-state index in [2.05, 4.69) is 9.73 Å². The van der Waals surface area contributed by atoms with Crippen LogP contribution in [0, 0.1) is 0 Å². The second-order valence-corrected chi connectivity index (χ2v) is 1.69. The number of allylic oxidation sites excluding steroid dienone is 1. The van der Waals surface area contributed by atoms with Crippen LogP contribution in [0.3, 0.4) is 0 Å². The normalized spacial score (nSPS) is 10.2. The third-order valence-corrected chi connectivity index (χ3v) is 0.958. The van der Waals surface area contributed by atoms with Gasteiger partial charge in [0.25, 0.3) is 0 Å². The van der Waals surface area contributed by atoms with Crippen molar-refractivity contribution in [1.29, 1.82) is 0 Å². The number of rotatable bonds is 3. The number of nitrogens with zero attached hydrogens (tertiary/aromatic N) is 1. The number of hydrogen-bond donors (Lipinski definition) is 0. The van der Waals surface area contributed by atoms with Gasteiger partial charge in [0.15, 0.2) is 5.70 Å². The van der Waals surface area contributed by atoms with Gasteiger partial charge >= 0.3 is 5.97 Å². The first-order valence-corrected chi connectivity index (χ1v) is 3.12. The summed E-state index contributed by atoms with van der Waals surface area (Å²) in [5.74, 6) is -0.616. The lowest BCUT2D eigenvalue weighted by Gasteiger charge is -1.94. The SMILES string of the molecule is CC/C=C(/N=C=O)C(=O)OC. The summed E-state index contributed by atoms with van der Waals surface area (Å²) in [6.45, 7) is 1.82. The Morgan fingerprint density at radius 1 is 1.73 bits per heavy atom. The van der Waals surface area contributed by atoms with Crippen molar-refractivity contribution in [2.75, 3.05) is 7.11 Å². The highest BCUT2D eigenvalue weighted by atomic mass is 16.5. The summed E-state index contributed by atoms with van der Waals surface area (Å²) in [5, 5.41) is 0. The first kappa shape index (κ1) is 9.59. The zero-order valence-corrected chi connectivity index (χ0v) is 6.46. The van der Waals surface area contributed by atoms with Crippen molar-refractivity contribution in [3.63, 3.8) is 0 Å². The predicted molar refractivity (Wildman–Crippen MR) is 38.5 cm³/mol. The molecule has 0 aromatic carbocycles. The van der Waals surface area contributed by atoms with E-state index in [0.29, 0.717) is 6.42 Å². The van der Waals surface area contributed by atoms with Crippen molar-refractivity contribution >= 4 is 12.0 Å². The lowest BCUT2D eigenvalue weighted by molar-refractivity contribution is -0.136. The van der Waals surface area contributed by atoms with E-state index in [-0.39, 0.29) is 5.70 Å². The van der Waals surface area contributed by atoms with E-state index in [0.717, 1.165) is 0 Å². The van der Waals surface area contributed by atoms with Crippen LogP contribution >= 0.6 is 0 Å². The van der Waals surface area contributed by atoms with Gasteiger partial charge in [-0.2, -0.15) is 4.99 Å². The van der Waals surface area contributed by atoms with Crippen molar-refractivity contribution in [1.82, 2.24) is 0 Å².